The number of hydrogen-bond acceptors (Lipinski definition) is 5. The first-order valence-corrected chi connectivity index (χ1v) is 8.79. The van der Waals surface area contributed by atoms with E-state index in [1.807, 2.05) is 24.3 Å². The summed E-state index contributed by atoms with van der Waals surface area (Å²) in [6, 6.07) is 14.2. The third-order valence-electron chi connectivity index (χ3n) is 3.95. The fourth-order valence-electron chi connectivity index (χ4n) is 2.69. The SMILES string of the molecule is COc1cc(Br)cc(C=NNC(=O)c2cc3ccccc3cc2O)c1OC. The van der Waals surface area contributed by atoms with Crippen LogP contribution in [0.4, 0.5) is 0 Å². The van der Waals surface area contributed by atoms with Crippen LogP contribution >= 0.6 is 15.9 Å². The quantitative estimate of drug-likeness (QED) is 0.473. The third kappa shape index (κ3) is 4.03. The Kier molecular flexibility index (Phi) is 5.61. The van der Waals surface area contributed by atoms with Crippen LogP contribution in [0.5, 0.6) is 17.2 Å². The van der Waals surface area contributed by atoms with Crippen molar-refractivity contribution >= 4 is 38.8 Å². The number of rotatable bonds is 5. The lowest BCUT2D eigenvalue weighted by atomic mass is 10.1. The van der Waals surface area contributed by atoms with Gasteiger partial charge in [-0.2, -0.15) is 5.10 Å². The average molecular weight is 429 g/mol. The Bertz CT molecular complexity index is 1030. The number of hydrogen-bond donors (Lipinski definition) is 2. The minimum Gasteiger partial charge on any atom is -0.507 e. The van der Waals surface area contributed by atoms with E-state index in [-0.39, 0.29) is 11.3 Å². The number of phenols is 1. The summed E-state index contributed by atoms with van der Waals surface area (Å²) in [4.78, 5) is 12.4. The van der Waals surface area contributed by atoms with Gasteiger partial charge in [0.25, 0.3) is 5.91 Å². The molecule has 0 saturated heterocycles. The molecule has 3 aromatic carbocycles. The topological polar surface area (TPSA) is 80.2 Å². The molecule has 0 aliphatic rings. The van der Waals surface area contributed by atoms with E-state index < -0.39 is 5.91 Å². The number of benzene rings is 3. The van der Waals surface area contributed by atoms with Crippen molar-refractivity contribution in [3.8, 4) is 17.2 Å². The summed E-state index contributed by atoms with van der Waals surface area (Å²) in [6.45, 7) is 0. The van der Waals surface area contributed by atoms with Crippen molar-refractivity contribution in [1.29, 1.82) is 0 Å². The number of methoxy groups -OCH3 is 2. The molecule has 0 radical (unpaired) electrons. The molecule has 0 fully saturated rings. The van der Waals surface area contributed by atoms with Gasteiger partial charge in [-0.1, -0.05) is 40.2 Å². The number of phenolic OH excluding ortho intramolecular Hbond substituents is 1. The number of carbonyl (C=O) groups excluding carboxylic acids is 1. The van der Waals surface area contributed by atoms with Gasteiger partial charge in [0, 0.05) is 10.0 Å². The molecule has 0 aliphatic carbocycles. The molecule has 1 amide bonds. The highest BCUT2D eigenvalue weighted by atomic mass is 79.9. The van der Waals surface area contributed by atoms with Gasteiger partial charge in [-0.05, 0) is 35.0 Å². The summed E-state index contributed by atoms with van der Waals surface area (Å²) in [7, 11) is 3.06. The van der Waals surface area contributed by atoms with Gasteiger partial charge >= 0.3 is 0 Å². The molecule has 0 saturated carbocycles. The molecule has 0 unspecified atom stereocenters. The first-order valence-electron chi connectivity index (χ1n) is 8.00. The molecule has 0 bridgehead atoms. The summed E-state index contributed by atoms with van der Waals surface area (Å²) in [5, 5.41) is 15.8. The van der Waals surface area contributed by atoms with Crippen LogP contribution in [0.25, 0.3) is 10.8 Å². The fraction of sp³-hybridized carbons (Fsp3) is 0.100. The van der Waals surface area contributed by atoms with Crippen LogP contribution in [0.1, 0.15) is 15.9 Å². The number of hydrazone groups is 1. The maximum absolute atomic E-state index is 12.4. The number of nitrogens with one attached hydrogen (secondary N) is 1. The van der Waals surface area contributed by atoms with Gasteiger partial charge < -0.3 is 14.6 Å². The number of amides is 1. The van der Waals surface area contributed by atoms with E-state index >= 15 is 0 Å². The molecule has 3 aromatic rings. The lowest BCUT2D eigenvalue weighted by Crippen LogP contribution is -2.17. The molecule has 138 valence electrons. The smallest absolute Gasteiger partial charge is 0.275 e. The molecular formula is C20H17BrN2O4. The summed E-state index contributed by atoms with van der Waals surface area (Å²) in [5.41, 5.74) is 3.18. The molecule has 0 aromatic heterocycles. The maximum Gasteiger partial charge on any atom is 0.275 e. The van der Waals surface area contributed by atoms with E-state index in [1.165, 1.54) is 20.4 Å². The third-order valence-corrected chi connectivity index (χ3v) is 4.41. The summed E-state index contributed by atoms with van der Waals surface area (Å²) in [5.74, 6) is 0.401. The Hall–Kier alpha value is -3.06. The largest absolute Gasteiger partial charge is 0.507 e. The van der Waals surface area contributed by atoms with Crippen LogP contribution in [0.3, 0.4) is 0 Å². The van der Waals surface area contributed by atoms with Crippen molar-refractivity contribution in [2.24, 2.45) is 5.10 Å². The number of fused-ring (bicyclic) bond motifs is 1. The molecule has 6 nitrogen and oxygen atoms in total. The van der Waals surface area contributed by atoms with Crippen molar-refractivity contribution in [2.45, 2.75) is 0 Å². The minimum atomic E-state index is -0.518. The molecule has 0 aliphatic heterocycles. The first-order chi connectivity index (χ1) is 13.0. The number of ether oxygens (including phenoxy) is 2. The number of carbonyl (C=O) groups is 1. The number of halogens is 1. The van der Waals surface area contributed by atoms with E-state index in [4.69, 9.17) is 9.47 Å². The van der Waals surface area contributed by atoms with Crippen molar-refractivity contribution in [1.82, 2.24) is 5.43 Å². The van der Waals surface area contributed by atoms with E-state index in [1.54, 1.807) is 24.3 Å². The normalized spacial score (nSPS) is 10.9. The van der Waals surface area contributed by atoms with Crippen molar-refractivity contribution in [3.05, 3.63) is 64.1 Å². The average Bonchev–Trinajstić information content (AvgIpc) is 2.66. The van der Waals surface area contributed by atoms with Crippen LogP contribution in [0.2, 0.25) is 0 Å². The number of nitrogens with zero attached hydrogens (tertiary/aromatic N) is 1. The highest BCUT2D eigenvalue weighted by Gasteiger charge is 2.13. The van der Waals surface area contributed by atoms with Crippen LogP contribution in [0.15, 0.2) is 58.1 Å². The monoisotopic (exact) mass is 428 g/mol. The van der Waals surface area contributed by atoms with Gasteiger partial charge in [0.1, 0.15) is 5.75 Å². The predicted octanol–water partition coefficient (Wildman–Crippen LogP) is 4.09. The van der Waals surface area contributed by atoms with Gasteiger partial charge in [0.2, 0.25) is 0 Å². The summed E-state index contributed by atoms with van der Waals surface area (Å²) >= 11 is 3.39. The second-order valence-corrected chi connectivity index (χ2v) is 6.56. The Balaban J connectivity index is 1.84. The lowest BCUT2D eigenvalue weighted by molar-refractivity contribution is 0.0952. The van der Waals surface area contributed by atoms with E-state index in [0.29, 0.717) is 17.1 Å². The van der Waals surface area contributed by atoms with E-state index in [0.717, 1.165) is 15.2 Å². The van der Waals surface area contributed by atoms with Crippen molar-refractivity contribution in [2.75, 3.05) is 14.2 Å². The first kappa shape index (κ1) is 18.7. The zero-order valence-electron chi connectivity index (χ0n) is 14.7. The van der Waals surface area contributed by atoms with E-state index in [2.05, 4.69) is 26.5 Å². The molecule has 7 heteroatoms. The Morgan fingerprint density at radius 2 is 1.81 bits per heavy atom. The molecule has 0 atom stereocenters. The highest BCUT2D eigenvalue weighted by Crippen LogP contribution is 2.33. The van der Waals surface area contributed by atoms with Gasteiger partial charge in [-0.25, -0.2) is 5.43 Å². The lowest BCUT2D eigenvalue weighted by Gasteiger charge is -2.11. The highest BCUT2D eigenvalue weighted by molar-refractivity contribution is 9.10. The Morgan fingerprint density at radius 1 is 1.11 bits per heavy atom. The Morgan fingerprint density at radius 3 is 2.48 bits per heavy atom. The predicted molar refractivity (Wildman–Crippen MR) is 108 cm³/mol. The Labute approximate surface area is 164 Å². The van der Waals surface area contributed by atoms with Gasteiger partial charge in [-0.3, -0.25) is 4.79 Å². The molecule has 2 N–H and O–H groups in total. The summed E-state index contributed by atoms with van der Waals surface area (Å²) < 4.78 is 11.4. The second kappa shape index (κ2) is 8.09. The van der Waals surface area contributed by atoms with Gasteiger partial charge in [0.05, 0.1) is 26.0 Å². The van der Waals surface area contributed by atoms with E-state index in [9.17, 15) is 9.90 Å². The second-order valence-electron chi connectivity index (χ2n) is 5.65. The number of aromatic hydroxyl groups is 1. The zero-order valence-corrected chi connectivity index (χ0v) is 16.3. The van der Waals surface area contributed by atoms with Crippen molar-refractivity contribution in [3.63, 3.8) is 0 Å². The fourth-order valence-corrected chi connectivity index (χ4v) is 3.14. The zero-order chi connectivity index (χ0) is 19.4. The molecule has 3 rings (SSSR count). The van der Waals surface area contributed by atoms with Crippen LogP contribution in [0, 0.1) is 0 Å². The van der Waals surface area contributed by atoms with Crippen molar-refractivity contribution < 1.29 is 19.4 Å². The van der Waals surface area contributed by atoms with Gasteiger partial charge in [-0.15, -0.1) is 0 Å². The maximum atomic E-state index is 12.4. The van der Waals surface area contributed by atoms with Crippen LogP contribution in [-0.2, 0) is 0 Å². The van der Waals surface area contributed by atoms with Gasteiger partial charge in [0.15, 0.2) is 11.5 Å². The molecule has 27 heavy (non-hydrogen) atoms. The molecule has 0 spiro atoms. The molecular weight excluding hydrogens is 412 g/mol. The standard InChI is InChI=1S/C20H17BrN2O4/c1-26-18-10-15(21)7-14(19(18)27-2)11-22-23-20(25)16-8-12-5-3-4-6-13(12)9-17(16)24/h3-11,24H,1-2H3,(H,23,25). The minimum absolute atomic E-state index is 0.108. The molecule has 0 heterocycles. The van der Waals surface area contributed by atoms with Crippen LogP contribution in [-0.4, -0.2) is 31.4 Å². The summed E-state index contributed by atoms with van der Waals surface area (Å²) in [6.07, 6.45) is 1.45. The van der Waals surface area contributed by atoms with Crippen LogP contribution < -0.4 is 14.9 Å².